The van der Waals surface area contributed by atoms with Gasteiger partial charge in [0, 0.05) is 18.8 Å². The number of nitrogens with zero attached hydrogens (tertiary/aromatic N) is 2. The van der Waals surface area contributed by atoms with Crippen LogP contribution in [0.5, 0.6) is 0 Å². The number of pyridine rings is 1. The van der Waals surface area contributed by atoms with E-state index in [1.807, 2.05) is 38.1 Å². The molecule has 1 fully saturated rings. The van der Waals surface area contributed by atoms with Gasteiger partial charge in [0.25, 0.3) is 5.91 Å². The summed E-state index contributed by atoms with van der Waals surface area (Å²) in [5, 5.41) is 2.93. The average Bonchev–Trinajstić information content (AvgIpc) is 2.60. The van der Waals surface area contributed by atoms with Crippen LogP contribution in [-0.4, -0.2) is 37.2 Å². The van der Waals surface area contributed by atoms with Gasteiger partial charge in [0.15, 0.2) is 0 Å². The quantitative estimate of drug-likeness (QED) is 0.947. The lowest BCUT2D eigenvalue weighted by Gasteiger charge is -2.28. The molecule has 1 saturated heterocycles. The zero-order chi connectivity index (χ0) is 16.2. The fraction of sp³-hybridized carbons (Fsp3) is 0.333. The maximum atomic E-state index is 12.4. The van der Waals surface area contributed by atoms with E-state index in [-0.39, 0.29) is 5.91 Å². The van der Waals surface area contributed by atoms with Gasteiger partial charge >= 0.3 is 0 Å². The number of ether oxygens (including phenoxy) is 1. The van der Waals surface area contributed by atoms with Gasteiger partial charge in [-0.3, -0.25) is 4.79 Å². The van der Waals surface area contributed by atoms with Crippen molar-refractivity contribution in [3.05, 3.63) is 53.3 Å². The molecule has 0 bridgehead atoms. The molecule has 1 aromatic heterocycles. The molecular formula is C18H21N3O2. The first-order valence-electron chi connectivity index (χ1n) is 7.81. The first-order chi connectivity index (χ1) is 11.1. The fourth-order valence-corrected chi connectivity index (χ4v) is 2.60. The standard InChI is InChI=1S/C18H21N3O2/c1-13-4-3-5-16(14(13)2)20-18(22)17-7-6-15(12-19-17)21-8-10-23-11-9-21/h3-7,12H,8-11H2,1-2H3,(H,20,22). The molecule has 0 unspecified atom stereocenters. The summed E-state index contributed by atoms with van der Waals surface area (Å²) < 4.78 is 5.34. The van der Waals surface area contributed by atoms with Crippen LogP contribution in [0.2, 0.25) is 0 Å². The van der Waals surface area contributed by atoms with Crippen molar-refractivity contribution in [2.24, 2.45) is 0 Å². The lowest BCUT2D eigenvalue weighted by atomic mass is 10.1. The van der Waals surface area contributed by atoms with E-state index in [0.29, 0.717) is 5.69 Å². The molecule has 2 aromatic rings. The Morgan fingerprint density at radius 2 is 1.96 bits per heavy atom. The summed E-state index contributed by atoms with van der Waals surface area (Å²) in [7, 11) is 0. The Balaban J connectivity index is 1.71. The highest BCUT2D eigenvalue weighted by Gasteiger charge is 2.14. The van der Waals surface area contributed by atoms with Gasteiger partial charge in [0.05, 0.1) is 25.1 Å². The number of rotatable bonds is 3. The highest BCUT2D eigenvalue weighted by Crippen LogP contribution is 2.19. The number of aromatic nitrogens is 1. The van der Waals surface area contributed by atoms with Gasteiger partial charge in [-0.1, -0.05) is 12.1 Å². The average molecular weight is 311 g/mol. The Bertz CT molecular complexity index is 692. The molecule has 1 aromatic carbocycles. The summed E-state index contributed by atoms with van der Waals surface area (Å²) in [5.41, 5.74) is 4.50. The number of aryl methyl sites for hydroxylation is 1. The summed E-state index contributed by atoms with van der Waals surface area (Å²) in [6.07, 6.45) is 1.75. The van der Waals surface area contributed by atoms with Crippen LogP contribution in [0.4, 0.5) is 11.4 Å². The molecule has 0 atom stereocenters. The normalized spacial score (nSPS) is 14.6. The van der Waals surface area contributed by atoms with Crippen molar-refractivity contribution < 1.29 is 9.53 Å². The Labute approximate surface area is 136 Å². The first-order valence-corrected chi connectivity index (χ1v) is 7.81. The third-order valence-electron chi connectivity index (χ3n) is 4.21. The van der Waals surface area contributed by atoms with Crippen molar-refractivity contribution in [3.8, 4) is 0 Å². The van der Waals surface area contributed by atoms with Crippen LogP contribution >= 0.6 is 0 Å². The monoisotopic (exact) mass is 311 g/mol. The second-order valence-corrected chi connectivity index (χ2v) is 5.70. The minimum atomic E-state index is -0.188. The lowest BCUT2D eigenvalue weighted by Crippen LogP contribution is -2.36. The van der Waals surface area contributed by atoms with Crippen LogP contribution < -0.4 is 10.2 Å². The third-order valence-corrected chi connectivity index (χ3v) is 4.21. The van der Waals surface area contributed by atoms with Crippen LogP contribution in [0.25, 0.3) is 0 Å². The number of amides is 1. The Kier molecular flexibility index (Phi) is 4.57. The molecule has 1 amide bonds. The van der Waals surface area contributed by atoms with Crippen LogP contribution in [0.1, 0.15) is 21.6 Å². The molecular weight excluding hydrogens is 290 g/mol. The number of morpholine rings is 1. The van der Waals surface area contributed by atoms with E-state index in [2.05, 4.69) is 15.2 Å². The summed E-state index contributed by atoms with van der Waals surface area (Å²) in [6, 6.07) is 9.58. The molecule has 0 radical (unpaired) electrons. The van der Waals surface area contributed by atoms with Gasteiger partial charge in [0.2, 0.25) is 0 Å². The van der Waals surface area contributed by atoms with Crippen molar-refractivity contribution in [2.45, 2.75) is 13.8 Å². The van der Waals surface area contributed by atoms with Crippen LogP contribution in [-0.2, 0) is 4.74 Å². The highest BCUT2D eigenvalue weighted by atomic mass is 16.5. The van der Waals surface area contributed by atoms with Gasteiger partial charge in [-0.05, 0) is 43.2 Å². The number of nitrogens with one attached hydrogen (secondary N) is 1. The molecule has 0 aliphatic carbocycles. The Hall–Kier alpha value is -2.40. The molecule has 5 nitrogen and oxygen atoms in total. The Morgan fingerprint density at radius 1 is 1.17 bits per heavy atom. The molecule has 1 N–H and O–H groups in total. The van der Waals surface area contributed by atoms with Crippen molar-refractivity contribution in [2.75, 3.05) is 36.5 Å². The molecule has 23 heavy (non-hydrogen) atoms. The zero-order valence-electron chi connectivity index (χ0n) is 13.5. The van der Waals surface area contributed by atoms with E-state index in [9.17, 15) is 4.79 Å². The number of hydrogen-bond donors (Lipinski definition) is 1. The van der Waals surface area contributed by atoms with Gasteiger partial charge in [0.1, 0.15) is 5.69 Å². The molecule has 3 rings (SSSR count). The predicted molar refractivity (Wildman–Crippen MR) is 91.1 cm³/mol. The van der Waals surface area contributed by atoms with E-state index in [1.54, 1.807) is 12.3 Å². The minimum absolute atomic E-state index is 0.188. The number of anilines is 2. The van der Waals surface area contributed by atoms with Crippen LogP contribution in [0, 0.1) is 13.8 Å². The predicted octanol–water partition coefficient (Wildman–Crippen LogP) is 2.79. The maximum Gasteiger partial charge on any atom is 0.274 e. The van der Waals surface area contributed by atoms with Gasteiger partial charge in [-0.15, -0.1) is 0 Å². The zero-order valence-corrected chi connectivity index (χ0v) is 13.5. The van der Waals surface area contributed by atoms with E-state index in [0.717, 1.165) is 48.8 Å². The van der Waals surface area contributed by atoms with Crippen molar-refractivity contribution in [1.82, 2.24) is 4.98 Å². The van der Waals surface area contributed by atoms with E-state index in [4.69, 9.17) is 4.74 Å². The topological polar surface area (TPSA) is 54.5 Å². The van der Waals surface area contributed by atoms with Crippen molar-refractivity contribution in [3.63, 3.8) is 0 Å². The first kappa shape index (κ1) is 15.5. The van der Waals surface area contributed by atoms with Crippen molar-refractivity contribution >= 4 is 17.3 Å². The van der Waals surface area contributed by atoms with Crippen LogP contribution in [0.3, 0.4) is 0 Å². The van der Waals surface area contributed by atoms with E-state index in [1.165, 1.54) is 0 Å². The number of hydrogen-bond acceptors (Lipinski definition) is 4. The summed E-state index contributed by atoms with van der Waals surface area (Å²) >= 11 is 0. The molecule has 5 heteroatoms. The molecule has 1 aliphatic rings. The van der Waals surface area contributed by atoms with Gasteiger partial charge < -0.3 is 15.0 Å². The van der Waals surface area contributed by atoms with Crippen LogP contribution in [0.15, 0.2) is 36.5 Å². The fourth-order valence-electron chi connectivity index (χ4n) is 2.60. The molecule has 2 heterocycles. The SMILES string of the molecule is Cc1cccc(NC(=O)c2ccc(N3CCOCC3)cn2)c1C. The van der Waals surface area contributed by atoms with Gasteiger partial charge in [-0.25, -0.2) is 4.98 Å². The molecule has 0 spiro atoms. The Morgan fingerprint density at radius 3 is 2.65 bits per heavy atom. The number of carbonyl (C=O) groups excluding carboxylic acids is 1. The second-order valence-electron chi connectivity index (χ2n) is 5.70. The summed E-state index contributed by atoms with van der Waals surface area (Å²) in [5.74, 6) is -0.188. The van der Waals surface area contributed by atoms with Crippen molar-refractivity contribution in [1.29, 1.82) is 0 Å². The summed E-state index contributed by atoms with van der Waals surface area (Å²) in [6.45, 7) is 7.20. The molecule has 120 valence electrons. The van der Waals surface area contributed by atoms with E-state index < -0.39 is 0 Å². The second kappa shape index (κ2) is 6.79. The lowest BCUT2D eigenvalue weighted by molar-refractivity contribution is 0.102. The maximum absolute atomic E-state index is 12.4. The van der Waals surface area contributed by atoms with Gasteiger partial charge in [-0.2, -0.15) is 0 Å². The third kappa shape index (κ3) is 3.51. The number of benzene rings is 1. The number of carbonyl (C=O) groups is 1. The minimum Gasteiger partial charge on any atom is -0.378 e. The largest absolute Gasteiger partial charge is 0.378 e. The highest BCUT2D eigenvalue weighted by molar-refractivity contribution is 6.03. The van der Waals surface area contributed by atoms with E-state index >= 15 is 0 Å². The molecule has 1 aliphatic heterocycles. The molecule has 0 saturated carbocycles. The summed E-state index contributed by atoms with van der Waals surface area (Å²) in [4.78, 5) is 18.9. The smallest absolute Gasteiger partial charge is 0.274 e.